The van der Waals surface area contributed by atoms with Gasteiger partial charge in [-0.15, -0.1) is 11.6 Å². The second-order valence-corrected chi connectivity index (χ2v) is 5.07. The predicted molar refractivity (Wildman–Crippen MR) is 76.1 cm³/mol. The number of fused-ring (bicyclic) bond motifs is 1. The first kappa shape index (κ1) is 11.7. The lowest BCUT2D eigenvalue weighted by Gasteiger charge is -2.08. The number of nitrogens with zero attached hydrogens (tertiary/aromatic N) is 3. The van der Waals surface area contributed by atoms with Crippen LogP contribution >= 0.6 is 27.5 Å². The Kier molecular flexibility index (Phi) is 3.06. The lowest BCUT2D eigenvalue weighted by molar-refractivity contribution is 0.883. The predicted octanol–water partition coefficient (Wildman–Crippen LogP) is 3.92. The number of hydrogen-bond donors (Lipinski definition) is 0. The first-order chi connectivity index (χ1) is 8.78. The van der Waals surface area contributed by atoms with Gasteiger partial charge in [-0.05, 0) is 28.1 Å². The molecular formula is C13H9BrClN3. The Bertz CT molecular complexity index is 708. The van der Waals surface area contributed by atoms with Crippen LogP contribution in [0.4, 0.5) is 0 Å². The van der Waals surface area contributed by atoms with Crippen molar-refractivity contribution >= 4 is 38.4 Å². The van der Waals surface area contributed by atoms with Crippen LogP contribution in [0.5, 0.6) is 0 Å². The van der Waals surface area contributed by atoms with Crippen molar-refractivity contribution in [3.05, 3.63) is 52.9 Å². The van der Waals surface area contributed by atoms with E-state index in [2.05, 4.69) is 26.0 Å². The summed E-state index contributed by atoms with van der Waals surface area (Å²) in [4.78, 5) is 4.50. The van der Waals surface area contributed by atoms with Gasteiger partial charge in [0.2, 0.25) is 0 Å². The van der Waals surface area contributed by atoms with Crippen molar-refractivity contribution in [1.82, 2.24) is 14.8 Å². The molecule has 0 atom stereocenters. The van der Waals surface area contributed by atoms with E-state index in [0.29, 0.717) is 5.88 Å². The van der Waals surface area contributed by atoms with Crippen LogP contribution in [0.15, 0.2) is 47.2 Å². The summed E-state index contributed by atoms with van der Waals surface area (Å²) in [5.41, 5.74) is 2.76. The van der Waals surface area contributed by atoms with Crippen molar-refractivity contribution in [3.8, 4) is 5.69 Å². The molecule has 0 spiro atoms. The number of rotatable bonds is 2. The summed E-state index contributed by atoms with van der Waals surface area (Å²) in [6.45, 7) is 0. The van der Waals surface area contributed by atoms with Gasteiger partial charge in [0.15, 0.2) is 0 Å². The lowest BCUT2D eigenvalue weighted by atomic mass is 10.1. The van der Waals surface area contributed by atoms with Crippen LogP contribution in [0.3, 0.4) is 0 Å². The monoisotopic (exact) mass is 321 g/mol. The number of halogens is 2. The molecule has 0 unspecified atom stereocenters. The number of aromatic nitrogens is 3. The van der Waals surface area contributed by atoms with E-state index in [4.69, 9.17) is 11.6 Å². The molecule has 2 aromatic heterocycles. The molecule has 0 aliphatic carbocycles. The molecule has 0 radical (unpaired) electrons. The molecule has 2 heterocycles. The highest BCUT2D eigenvalue weighted by Gasteiger charge is 2.08. The van der Waals surface area contributed by atoms with Gasteiger partial charge in [-0.25, -0.2) is 4.68 Å². The summed E-state index contributed by atoms with van der Waals surface area (Å²) in [5.74, 6) is 0.389. The van der Waals surface area contributed by atoms with E-state index in [1.807, 2.05) is 41.2 Å². The topological polar surface area (TPSA) is 30.7 Å². The Morgan fingerprint density at radius 3 is 2.83 bits per heavy atom. The number of para-hydroxylation sites is 1. The minimum Gasteiger partial charge on any atom is -0.251 e. The molecule has 3 nitrogen and oxygen atoms in total. The summed E-state index contributed by atoms with van der Waals surface area (Å²) in [5, 5.41) is 5.37. The summed E-state index contributed by atoms with van der Waals surface area (Å²) >= 11 is 9.29. The molecule has 18 heavy (non-hydrogen) atoms. The van der Waals surface area contributed by atoms with Crippen molar-refractivity contribution in [1.29, 1.82) is 0 Å². The second kappa shape index (κ2) is 4.71. The molecule has 0 N–H and O–H groups in total. The Hall–Kier alpha value is -1.39. The maximum absolute atomic E-state index is 5.89. The normalized spacial score (nSPS) is 11.0. The minimum absolute atomic E-state index is 0.389. The van der Waals surface area contributed by atoms with Crippen molar-refractivity contribution in [2.45, 2.75) is 5.88 Å². The van der Waals surface area contributed by atoms with Gasteiger partial charge < -0.3 is 0 Å². The fraction of sp³-hybridized carbons (Fsp3) is 0.0769. The van der Waals surface area contributed by atoms with Crippen LogP contribution in [0.2, 0.25) is 0 Å². The van der Waals surface area contributed by atoms with E-state index < -0.39 is 0 Å². The molecule has 90 valence electrons. The van der Waals surface area contributed by atoms with Crippen LogP contribution in [0.1, 0.15) is 5.69 Å². The summed E-state index contributed by atoms with van der Waals surface area (Å²) in [6.07, 6.45) is 3.68. The third-order valence-corrected chi connectivity index (χ3v) is 3.37. The molecule has 1 aromatic carbocycles. The molecule has 3 aromatic rings. The summed E-state index contributed by atoms with van der Waals surface area (Å²) in [7, 11) is 0. The molecule has 0 amide bonds. The second-order valence-electron chi connectivity index (χ2n) is 3.89. The van der Waals surface area contributed by atoms with E-state index in [9.17, 15) is 0 Å². The minimum atomic E-state index is 0.389. The van der Waals surface area contributed by atoms with Crippen molar-refractivity contribution in [2.24, 2.45) is 0 Å². The Labute approximate surface area is 118 Å². The molecule has 0 saturated carbocycles. The van der Waals surface area contributed by atoms with Gasteiger partial charge in [-0.1, -0.05) is 18.2 Å². The van der Waals surface area contributed by atoms with Crippen molar-refractivity contribution in [3.63, 3.8) is 0 Å². The fourth-order valence-electron chi connectivity index (χ4n) is 1.90. The third kappa shape index (κ3) is 2.02. The zero-order valence-corrected chi connectivity index (χ0v) is 11.7. The average molecular weight is 323 g/mol. The molecule has 0 saturated heterocycles. The van der Waals surface area contributed by atoms with Gasteiger partial charge in [0.1, 0.15) is 0 Å². The zero-order chi connectivity index (χ0) is 12.5. The largest absolute Gasteiger partial charge is 0.251 e. The molecule has 0 fully saturated rings. The van der Waals surface area contributed by atoms with Gasteiger partial charge in [0.25, 0.3) is 0 Å². The van der Waals surface area contributed by atoms with E-state index in [0.717, 1.165) is 26.8 Å². The van der Waals surface area contributed by atoms with Gasteiger partial charge in [0.05, 0.1) is 33.4 Å². The Morgan fingerprint density at radius 1 is 1.28 bits per heavy atom. The standard InChI is InChI=1S/C13H9BrClN3/c14-9-7-16-18(8-9)13-5-10(6-15)17-12-4-2-1-3-11(12)13/h1-5,7-8H,6H2. The van der Waals surface area contributed by atoms with E-state index in [1.54, 1.807) is 6.20 Å². The first-order valence-corrected chi connectivity index (χ1v) is 6.76. The van der Waals surface area contributed by atoms with Crippen LogP contribution in [0.25, 0.3) is 16.6 Å². The SMILES string of the molecule is ClCc1cc(-n2cc(Br)cn2)c2ccccc2n1. The van der Waals surface area contributed by atoms with Crippen LogP contribution in [0, 0.1) is 0 Å². The van der Waals surface area contributed by atoms with E-state index >= 15 is 0 Å². The number of hydrogen-bond acceptors (Lipinski definition) is 2. The van der Waals surface area contributed by atoms with E-state index in [1.165, 1.54) is 0 Å². The third-order valence-electron chi connectivity index (χ3n) is 2.68. The first-order valence-electron chi connectivity index (χ1n) is 5.43. The van der Waals surface area contributed by atoms with Crippen molar-refractivity contribution in [2.75, 3.05) is 0 Å². The van der Waals surface area contributed by atoms with Crippen LogP contribution in [-0.2, 0) is 5.88 Å². The summed E-state index contributed by atoms with van der Waals surface area (Å²) in [6, 6.07) is 9.94. The van der Waals surface area contributed by atoms with Gasteiger partial charge in [-0.2, -0.15) is 5.10 Å². The lowest BCUT2D eigenvalue weighted by Crippen LogP contribution is -1.99. The van der Waals surface area contributed by atoms with Crippen molar-refractivity contribution < 1.29 is 0 Å². The number of alkyl halides is 1. The fourth-order valence-corrected chi connectivity index (χ4v) is 2.32. The maximum Gasteiger partial charge on any atom is 0.0758 e. The Morgan fingerprint density at radius 2 is 2.11 bits per heavy atom. The number of pyridine rings is 1. The average Bonchev–Trinajstić information content (AvgIpc) is 2.84. The highest BCUT2D eigenvalue weighted by Crippen LogP contribution is 2.23. The van der Waals surface area contributed by atoms with Gasteiger partial charge >= 0.3 is 0 Å². The molecular weight excluding hydrogens is 314 g/mol. The molecule has 0 bridgehead atoms. The highest BCUT2D eigenvalue weighted by molar-refractivity contribution is 9.10. The maximum atomic E-state index is 5.89. The number of benzene rings is 1. The molecule has 0 aliphatic heterocycles. The Balaban J connectivity index is 2.32. The van der Waals surface area contributed by atoms with Gasteiger partial charge in [-0.3, -0.25) is 4.98 Å². The van der Waals surface area contributed by atoms with E-state index in [-0.39, 0.29) is 0 Å². The van der Waals surface area contributed by atoms with Gasteiger partial charge in [0, 0.05) is 11.6 Å². The quantitative estimate of drug-likeness (QED) is 0.669. The van der Waals surface area contributed by atoms with Crippen LogP contribution < -0.4 is 0 Å². The molecule has 5 heteroatoms. The zero-order valence-electron chi connectivity index (χ0n) is 9.35. The molecule has 3 rings (SSSR count). The summed E-state index contributed by atoms with van der Waals surface area (Å²) < 4.78 is 2.76. The highest BCUT2D eigenvalue weighted by atomic mass is 79.9. The van der Waals surface area contributed by atoms with Crippen LogP contribution in [-0.4, -0.2) is 14.8 Å². The molecule has 0 aliphatic rings. The smallest absolute Gasteiger partial charge is 0.0758 e.